The number of phenols is 1. The molecule has 0 amide bonds. The van der Waals surface area contributed by atoms with E-state index in [0.29, 0.717) is 35.8 Å². The predicted molar refractivity (Wildman–Crippen MR) is 197 cm³/mol. The molecule has 3 saturated heterocycles. The van der Waals surface area contributed by atoms with Gasteiger partial charge in [-0.3, -0.25) is 4.90 Å². The van der Waals surface area contributed by atoms with Gasteiger partial charge in [0, 0.05) is 50.8 Å². The van der Waals surface area contributed by atoms with Gasteiger partial charge in [-0.2, -0.15) is 0 Å². The van der Waals surface area contributed by atoms with Crippen LogP contribution in [0.2, 0.25) is 0 Å². The summed E-state index contributed by atoms with van der Waals surface area (Å²) >= 11 is 12.3. The number of benzene rings is 2. The zero-order chi connectivity index (χ0) is 32.0. The molecule has 6 rings (SSSR count). The molecule has 2 aromatic carbocycles. The maximum atomic E-state index is 9.94. The fraction of sp³-hybridized carbons (Fsp3) is 0.632. The van der Waals surface area contributed by atoms with E-state index in [-0.39, 0.29) is 0 Å². The Morgan fingerprint density at radius 1 is 0.826 bits per heavy atom. The van der Waals surface area contributed by atoms with Gasteiger partial charge in [0.1, 0.15) is 5.75 Å². The first-order valence-electron chi connectivity index (χ1n) is 18.0. The molecule has 0 spiro atoms. The second-order valence-electron chi connectivity index (χ2n) is 14.9. The molecular formula is C38H55N5OS2. The van der Waals surface area contributed by atoms with Gasteiger partial charge in [0.05, 0.1) is 6.04 Å². The second-order valence-corrected chi connectivity index (χ2v) is 15.6. The zero-order valence-electron chi connectivity index (χ0n) is 28.0. The fourth-order valence-corrected chi connectivity index (χ4v) is 9.31. The molecule has 0 bridgehead atoms. The van der Waals surface area contributed by atoms with E-state index in [4.69, 9.17) is 24.4 Å². The summed E-state index contributed by atoms with van der Waals surface area (Å²) in [6.45, 7) is 10.8. The Morgan fingerprint density at radius 2 is 1.59 bits per heavy atom. The zero-order valence-corrected chi connectivity index (χ0v) is 29.7. The molecule has 3 aliphatic heterocycles. The normalized spacial score (nSPS) is 25.2. The van der Waals surface area contributed by atoms with Crippen molar-refractivity contribution in [2.75, 3.05) is 39.3 Å². The Hall–Kier alpha value is -2.42. The lowest BCUT2D eigenvalue weighted by atomic mass is 9.88. The van der Waals surface area contributed by atoms with Crippen molar-refractivity contribution in [2.24, 2.45) is 11.8 Å². The van der Waals surface area contributed by atoms with Gasteiger partial charge in [-0.05, 0) is 111 Å². The highest BCUT2D eigenvalue weighted by atomic mass is 32.1. The topological polar surface area (TPSA) is 45.2 Å². The van der Waals surface area contributed by atoms with Crippen molar-refractivity contribution in [3.05, 3.63) is 65.7 Å². The van der Waals surface area contributed by atoms with Crippen LogP contribution in [0.1, 0.15) is 76.3 Å². The third-order valence-electron chi connectivity index (χ3n) is 11.0. The van der Waals surface area contributed by atoms with Crippen LogP contribution in [0, 0.1) is 11.8 Å². The summed E-state index contributed by atoms with van der Waals surface area (Å²) in [5, 5.41) is 15.4. The molecule has 6 nitrogen and oxygen atoms in total. The van der Waals surface area contributed by atoms with Crippen LogP contribution in [0.15, 0.2) is 54.6 Å². The number of rotatable bonds is 13. The van der Waals surface area contributed by atoms with Gasteiger partial charge >= 0.3 is 0 Å². The summed E-state index contributed by atoms with van der Waals surface area (Å²) in [7, 11) is 0. The molecule has 4 aliphatic rings. The highest BCUT2D eigenvalue weighted by Crippen LogP contribution is 2.32. The molecule has 3 heterocycles. The van der Waals surface area contributed by atoms with E-state index in [1.807, 2.05) is 12.1 Å². The Kier molecular flexibility index (Phi) is 11.4. The second kappa shape index (κ2) is 15.7. The number of hydrogen-bond donors (Lipinski definition) is 2. The molecule has 2 aromatic rings. The summed E-state index contributed by atoms with van der Waals surface area (Å²) in [5.74, 6) is 1.71. The van der Waals surface area contributed by atoms with Gasteiger partial charge in [0.25, 0.3) is 0 Å². The first kappa shape index (κ1) is 33.5. The highest BCUT2D eigenvalue weighted by Gasteiger charge is 2.41. The monoisotopic (exact) mass is 661 g/mol. The van der Waals surface area contributed by atoms with Crippen molar-refractivity contribution in [3.8, 4) is 5.75 Å². The molecule has 0 aromatic heterocycles. The minimum absolute atomic E-state index is 0.310. The van der Waals surface area contributed by atoms with Crippen molar-refractivity contribution in [1.82, 2.24) is 24.9 Å². The average Bonchev–Trinajstić information content (AvgIpc) is 3.73. The van der Waals surface area contributed by atoms with Crippen LogP contribution in [-0.4, -0.2) is 98.4 Å². The van der Waals surface area contributed by atoms with Crippen molar-refractivity contribution < 1.29 is 5.11 Å². The molecule has 4 fully saturated rings. The number of nitrogens with zero attached hydrogens (tertiary/aromatic N) is 4. The number of aromatic hydroxyl groups is 1. The summed E-state index contributed by atoms with van der Waals surface area (Å²) in [5.41, 5.74) is 2.65. The van der Waals surface area contributed by atoms with Crippen molar-refractivity contribution >= 4 is 34.7 Å². The van der Waals surface area contributed by atoms with E-state index >= 15 is 0 Å². The third kappa shape index (κ3) is 8.35. The van der Waals surface area contributed by atoms with Crippen LogP contribution in [0.5, 0.6) is 5.75 Å². The predicted octanol–water partition coefficient (Wildman–Crippen LogP) is 6.47. The van der Waals surface area contributed by atoms with Gasteiger partial charge in [0.2, 0.25) is 0 Å². The lowest BCUT2D eigenvalue weighted by Crippen LogP contribution is -2.51. The van der Waals surface area contributed by atoms with E-state index in [9.17, 15) is 5.11 Å². The van der Waals surface area contributed by atoms with Crippen molar-refractivity contribution in [2.45, 2.75) is 102 Å². The Morgan fingerprint density at radius 3 is 2.33 bits per heavy atom. The standard InChI is InChI=1S/C38H55N5OS2/c1-28(2)20-33-23-39-37(45)41(33)26-32-14-9-19-40(32)25-34(21-29-10-5-3-6-11-29)43-27-35(22-30-15-17-36(44)18-16-30)42(38(43)46)24-31-12-7-4-8-13-31/h3,5-6,10-11,15-18,28,31-35,44H,4,7-9,12-14,19-27H2,1-2H3,(H,39,45)/t32-,33+,34+,35+/m1/s1. The van der Waals surface area contributed by atoms with E-state index in [1.165, 1.54) is 62.5 Å². The molecule has 46 heavy (non-hydrogen) atoms. The minimum atomic E-state index is 0.310. The van der Waals surface area contributed by atoms with Gasteiger partial charge < -0.3 is 25.1 Å². The molecule has 4 atom stereocenters. The average molecular weight is 662 g/mol. The van der Waals surface area contributed by atoms with Gasteiger partial charge in [-0.1, -0.05) is 75.6 Å². The van der Waals surface area contributed by atoms with Crippen LogP contribution in [0.25, 0.3) is 0 Å². The molecule has 250 valence electrons. The molecule has 8 heteroatoms. The molecule has 0 unspecified atom stereocenters. The number of nitrogens with one attached hydrogen (secondary N) is 1. The van der Waals surface area contributed by atoms with E-state index in [1.54, 1.807) is 0 Å². The molecule has 1 aliphatic carbocycles. The largest absolute Gasteiger partial charge is 0.508 e. The quantitative estimate of drug-likeness (QED) is 0.237. The summed E-state index contributed by atoms with van der Waals surface area (Å²) in [4.78, 5) is 10.5. The van der Waals surface area contributed by atoms with E-state index in [2.05, 4.69) is 81.2 Å². The number of likely N-dealkylation sites (tertiary alicyclic amines) is 1. The number of thiocarbonyl (C=S) groups is 2. The molecule has 0 radical (unpaired) electrons. The maximum absolute atomic E-state index is 9.94. The van der Waals surface area contributed by atoms with Crippen LogP contribution in [-0.2, 0) is 12.8 Å². The molecular weight excluding hydrogens is 607 g/mol. The van der Waals surface area contributed by atoms with Crippen LogP contribution >= 0.6 is 24.4 Å². The van der Waals surface area contributed by atoms with E-state index in [0.717, 1.165) is 68.3 Å². The maximum Gasteiger partial charge on any atom is 0.172 e. The first-order chi connectivity index (χ1) is 22.3. The number of hydrogen-bond acceptors (Lipinski definition) is 4. The van der Waals surface area contributed by atoms with Crippen molar-refractivity contribution in [3.63, 3.8) is 0 Å². The highest BCUT2D eigenvalue weighted by molar-refractivity contribution is 7.80. The number of phenolic OH excluding ortho intramolecular Hbond substituents is 1. The van der Waals surface area contributed by atoms with Crippen LogP contribution < -0.4 is 5.32 Å². The molecule has 2 N–H and O–H groups in total. The third-order valence-corrected chi connectivity index (χ3v) is 11.8. The van der Waals surface area contributed by atoms with Crippen LogP contribution in [0.4, 0.5) is 0 Å². The Labute approximate surface area is 288 Å². The fourth-order valence-electron chi connectivity index (χ4n) is 8.55. The Balaban J connectivity index is 1.22. The van der Waals surface area contributed by atoms with Crippen LogP contribution in [0.3, 0.4) is 0 Å². The van der Waals surface area contributed by atoms with Gasteiger partial charge in [-0.25, -0.2) is 0 Å². The van der Waals surface area contributed by atoms with Gasteiger partial charge in [-0.15, -0.1) is 0 Å². The lowest BCUT2D eigenvalue weighted by molar-refractivity contribution is 0.156. The Bertz CT molecular complexity index is 1280. The summed E-state index contributed by atoms with van der Waals surface area (Å²) < 4.78 is 0. The lowest BCUT2D eigenvalue weighted by Gasteiger charge is -2.38. The van der Waals surface area contributed by atoms with Crippen molar-refractivity contribution in [1.29, 1.82) is 0 Å². The SMILES string of the molecule is CC(C)C[C@H]1CNC(=S)N1C[C@H]1CCCN1C[C@H](Cc1ccccc1)N1C[C@H](Cc2ccc(O)cc2)N(CC2CCCCC2)C1=S. The van der Waals surface area contributed by atoms with Gasteiger partial charge in [0.15, 0.2) is 10.2 Å². The molecule has 1 saturated carbocycles. The van der Waals surface area contributed by atoms with E-state index < -0.39 is 0 Å². The minimum Gasteiger partial charge on any atom is -0.508 e. The summed E-state index contributed by atoms with van der Waals surface area (Å²) in [6, 6.07) is 20.5. The smallest absolute Gasteiger partial charge is 0.172 e. The first-order valence-corrected chi connectivity index (χ1v) is 18.8. The summed E-state index contributed by atoms with van der Waals surface area (Å²) in [6.07, 6.45) is 12.3.